The summed E-state index contributed by atoms with van der Waals surface area (Å²) in [6.45, 7) is 12.7. The number of nitriles is 1. The maximum atomic E-state index is 9.33. The molecule has 1 rings (SSSR count). The summed E-state index contributed by atoms with van der Waals surface area (Å²) in [4.78, 5) is 0. The van der Waals surface area contributed by atoms with Crippen molar-refractivity contribution in [1.29, 1.82) is 5.26 Å². The van der Waals surface area contributed by atoms with Crippen LogP contribution in [0.5, 0.6) is 0 Å². The number of ether oxygens (including phenoxy) is 1. The maximum Gasteiger partial charge on any atom is 0.191 e. The maximum absolute atomic E-state index is 9.33. The zero-order chi connectivity index (χ0) is 15.3. The first kappa shape index (κ1) is 17.7. The van der Waals surface area contributed by atoms with Gasteiger partial charge in [0.1, 0.15) is 0 Å². The molecule has 0 heterocycles. The number of rotatable bonds is 6. The molecule has 3 nitrogen and oxygen atoms in total. The molecule has 4 heteroatoms. The Morgan fingerprint density at radius 2 is 1.70 bits per heavy atom. The van der Waals surface area contributed by atoms with Crippen molar-refractivity contribution in [3.8, 4) is 6.07 Å². The molecule has 0 aromatic carbocycles. The normalized spacial score (nSPS) is 19.6. The molecule has 0 aromatic rings. The summed E-state index contributed by atoms with van der Waals surface area (Å²) in [6, 6.07) is 2.39. The van der Waals surface area contributed by atoms with E-state index < -0.39 is 13.9 Å². The van der Waals surface area contributed by atoms with E-state index in [0.29, 0.717) is 6.61 Å². The first-order chi connectivity index (χ1) is 9.22. The summed E-state index contributed by atoms with van der Waals surface area (Å²) in [7, 11) is -1.64. The van der Waals surface area contributed by atoms with Crippen LogP contribution >= 0.6 is 0 Å². The highest BCUT2D eigenvalue weighted by atomic mass is 28.4. The summed E-state index contributed by atoms with van der Waals surface area (Å²) in [5.41, 5.74) is -0.505. The largest absolute Gasteiger partial charge is 0.417 e. The van der Waals surface area contributed by atoms with Crippen molar-refractivity contribution in [3.63, 3.8) is 0 Å². The van der Waals surface area contributed by atoms with Crippen LogP contribution in [-0.4, -0.2) is 27.1 Å². The van der Waals surface area contributed by atoms with Crippen molar-refractivity contribution in [1.82, 2.24) is 0 Å². The van der Waals surface area contributed by atoms with Crippen LogP contribution in [0, 0.1) is 11.3 Å². The van der Waals surface area contributed by atoms with E-state index in [1.54, 1.807) is 0 Å². The topological polar surface area (TPSA) is 42.2 Å². The van der Waals surface area contributed by atoms with Crippen molar-refractivity contribution in [3.05, 3.63) is 0 Å². The molecule has 1 aliphatic rings. The lowest BCUT2D eigenvalue weighted by molar-refractivity contribution is -0.0316. The van der Waals surface area contributed by atoms with Crippen LogP contribution in [-0.2, 0) is 9.16 Å². The minimum atomic E-state index is -1.64. The molecule has 0 spiro atoms. The molecular weight excluding hydrogens is 266 g/mol. The van der Waals surface area contributed by atoms with E-state index in [1.807, 2.05) is 0 Å². The average Bonchev–Trinajstić information content (AvgIpc) is 2.38. The van der Waals surface area contributed by atoms with Gasteiger partial charge in [-0.05, 0) is 50.2 Å². The standard InChI is InChI=1S/C16H31NO2Si/c1-15(2,3)20(4,5)19-13-9-12-18-16(14-17)10-7-6-8-11-16/h6-13H2,1-5H3. The van der Waals surface area contributed by atoms with Crippen LogP contribution in [0.3, 0.4) is 0 Å². The van der Waals surface area contributed by atoms with Gasteiger partial charge in [0.05, 0.1) is 12.7 Å². The number of hydrogen-bond donors (Lipinski definition) is 0. The monoisotopic (exact) mass is 297 g/mol. The Morgan fingerprint density at radius 1 is 1.10 bits per heavy atom. The highest BCUT2D eigenvalue weighted by Gasteiger charge is 2.37. The van der Waals surface area contributed by atoms with Crippen molar-refractivity contribution in [2.75, 3.05) is 13.2 Å². The zero-order valence-corrected chi connectivity index (χ0v) is 14.9. The van der Waals surface area contributed by atoms with Crippen molar-refractivity contribution in [2.24, 2.45) is 0 Å². The molecule has 0 unspecified atom stereocenters. The molecular formula is C16H31NO2Si. The van der Waals surface area contributed by atoms with Gasteiger partial charge in [0.25, 0.3) is 0 Å². The Balaban J connectivity index is 2.27. The fraction of sp³-hybridized carbons (Fsp3) is 0.938. The third-order valence-corrected chi connectivity index (χ3v) is 9.34. The number of hydrogen-bond acceptors (Lipinski definition) is 3. The van der Waals surface area contributed by atoms with E-state index in [-0.39, 0.29) is 5.04 Å². The van der Waals surface area contributed by atoms with Crippen LogP contribution in [0.4, 0.5) is 0 Å². The molecule has 20 heavy (non-hydrogen) atoms. The first-order valence-electron chi connectivity index (χ1n) is 7.92. The first-order valence-corrected chi connectivity index (χ1v) is 10.8. The second-order valence-electron chi connectivity index (χ2n) is 7.48. The lowest BCUT2D eigenvalue weighted by Gasteiger charge is -2.36. The van der Waals surface area contributed by atoms with Gasteiger partial charge >= 0.3 is 0 Å². The Hall–Kier alpha value is -0.373. The Bertz CT molecular complexity index is 335. The van der Waals surface area contributed by atoms with Gasteiger partial charge in [-0.2, -0.15) is 5.26 Å². The molecule has 0 N–H and O–H groups in total. The molecule has 0 aliphatic heterocycles. The molecule has 0 amide bonds. The van der Waals surface area contributed by atoms with E-state index in [1.165, 1.54) is 6.42 Å². The van der Waals surface area contributed by atoms with Crippen LogP contribution < -0.4 is 0 Å². The Labute approximate surface area is 125 Å². The van der Waals surface area contributed by atoms with Gasteiger partial charge in [-0.1, -0.05) is 27.2 Å². The van der Waals surface area contributed by atoms with Gasteiger partial charge in [0.15, 0.2) is 13.9 Å². The van der Waals surface area contributed by atoms with E-state index >= 15 is 0 Å². The summed E-state index contributed by atoms with van der Waals surface area (Å²) < 4.78 is 12.0. The minimum Gasteiger partial charge on any atom is -0.417 e. The molecule has 0 bridgehead atoms. The smallest absolute Gasteiger partial charge is 0.191 e. The average molecular weight is 298 g/mol. The predicted octanol–water partition coefficient (Wildman–Crippen LogP) is 4.64. The highest BCUT2D eigenvalue weighted by Crippen LogP contribution is 2.36. The van der Waals surface area contributed by atoms with Gasteiger partial charge in [0, 0.05) is 6.61 Å². The fourth-order valence-corrected chi connectivity index (χ4v) is 3.37. The van der Waals surface area contributed by atoms with Crippen LogP contribution in [0.15, 0.2) is 0 Å². The van der Waals surface area contributed by atoms with Crippen molar-refractivity contribution < 1.29 is 9.16 Å². The summed E-state index contributed by atoms with van der Waals surface area (Å²) in [5.74, 6) is 0. The van der Waals surface area contributed by atoms with Gasteiger partial charge in [-0.25, -0.2) is 0 Å². The molecule has 1 aliphatic carbocycles. The van der Waals surface area contributed by atoms with Crippen LogP contribution in [0.2, 0.25) is 18.1 Å². The predicted molar refractivity (Wildman–Crippen MR) is 85.1 cm³/mol. The van der Waals surface area contributed by atoms with Crippen LogP contribution in [0.25, 0.3) is 0 Å². The molecule has 0 saturated heterocycles. The van der Waals surface area contributed by atoms with Gasteiger partial charge in [0.2, 0.25) is 0 Å². The Kier molecular flexibility index (Phi) is 6.24. The summed E-state index contributed by atoms with van der Waals surface area (Å²) in [5, 5.41) is 9.59. The van der Waals surface area contributed by atoms with Crippen LogP contribution in [0.1, 0.15) is 59.3 Å². The summed E-state index contributed by atoms with van der Waals surface area (Å²) >= 11 is 0. The number of nitrogens with zero attached hydrogens (tertiary/aromatic N) is 1. The van der Waals surface area contributed by atoms with E-state index in [0.717, 1.165) is 38.7 Å². The summed E-state index contributed by atoms with van der Waals surface area (Å²) in [6.07, 6.45) is 6.15. The Morgan fingerprint density at radius 3 is 2.20 bits per heavy atom. The van der Waals surface area contributed by atoms with E-state index in [4.69, 9.17) is 9.16 Å². The second kappa shape index (κ2) is 7.06. The zero-order valence-electron chi connectivity index (χ0n) is 13.9. The SMILES string of the molecule is CC(C)(C)[Si](C)(C)OCCCOC1(C#N)CCCCC1. The van der Waals surface area contributed by atoms with Gasteiger partial charge < -0.3 is 9.16 Å². The van der Waals surface area contributed by atoms with E-state index in [9.17, 15) is 5.26 Å². The third-order valence-electron chi connectivity index (χ3n) is 4.80. The van der Waals surface area contributed by atoms with Gasteiger partial charge in [-0.15, -0.1) is 0 Å². The lowest BCUT2D eigenvalue weighted by Crippen LogP contribution is -2.41. The molecule has 116 valence electrons. The fourth-order valence-electron chi connectivity index (χ4n) is 2.28. The quantitative estimate of drug-likeness (QED) is 0.530. The molecule has 0 atom stereocenters. The molecule has 1 fully saturated rings. The second-order valence-corrected chi connectivity index (χ2v) is 12.3. The third kappa shape index (κ3) is 4.87. The van der Waals surface area contributed by atoms with Gasteiger partial charge in [-0.3, -0.25) is 0 Å². The lowest BCUT2D eigenvalue weighted by atomic mass is 9.86. The molecule has 0 radical (unpaired) electrons. The highest BCUT2D eigenvalue weighted by molar-refractivity contribution is 6.74. The molecule has 1 saturated carbocycles. The van der Waals surface area contributed by atoms with Crippen molar-refractivity contribution in [2.45, 2.75) is 83.0 Å². The van der Waals surface area contributed by atoms with Crippen molar-refractivity contribution >= 4 is 8.32 Å². The minimum absolute atomic E-state index is 0.255. The van der Waals surface area contributed by atoms with E-state index in [2.05, 4.69) is 39.9 Å². The molecule has 0 aromatic heterocycles.